The molecule has 2 nitrogen and oxygen atoms in total. The van der Waals surface area contributed by atoms with Gasteiger partial charge in [0.15, 0.2) is 23.0 Å². The molecule has 21 heavy (non-hydrogen) atoms. The van der Waals surface area contributed by atoms with Gasteiger partial charge in [0.05, 0.1) is 0 Å². The molecule has 0 saturated heterocycles. The molecule has 1 aromatic carbocycles. The Morgan fingerprint density at radius 3 is 2.33 bits per heavy atom. The van der Waals surface area contributed by atoms with E-state index in [1.54, 1.807) is 11.3 Å². The third-order valence-corrected chi connectivity index (χ3v) is 4.56. The zero-order valence-corrected chi connectivity index (χ0v) is 13.4. The number of unbranched alkanes of at least 4 members (excludes halogenated alkanes) is 5. The summed E-state index contributed by atoms with van der Waals surface area (Å²) in [5, 5.41) is 3.96. The highest BCUT2D eigenvalue weighted by Crippen LogP contribution is 2.47. The summed E-state index contributed by atoms with van der Waals surface area (Å²) in [6, 6.07) is 6.32. The molecule has 3 heteroatoms. The normalized spacial score (nSPS) is 12.2. The standard InChI is InChI=1S/C18H22O2S/c1-2-3-4-5-6-7-8-14-9-10-15-16(11-14)20-18-13-21-12-17(18)19-15/h9-13H,2-8H2,1H3. The van der Waals surface area contributed by atoms with Crippen molar-refractivity contribution in [2.24, 2.45) is 0 Å². The minimum atomic E-state index is 0.826. The molecule has 0 bridgehead atoms. The first-order valence-corrected chi connectivity index (χ1v) is 8.86. The van der Waals surface area contributed by atoms with Crippen LogP contribution in [-0.4, -0.2) is 0 Å². The smallest absolute Gasteiger partial charge is 0.180 e. The summed E-state index contributed by atoms with van der Waals surface area (Å²) in [5.74, 6) is 3.34. The maximum absolute atomic E-state index is 5.90. The molecule has 0 amide bonds. The number of benzene rings is 1. The zero-order valence-electron chi connectivity index (χ0n) is 12.6. The molecule has 0 radical (unpaired) electrons. The SMILES string of the molecule is CCCCCCCCc1ccc2c(c1)Oc1cscc1O2. The molecule has 0 spiro atoms. The van der Waals surface area contributed by atoms with Gasteiger partial charge in [-0.3, -0.25) is 0 Å². The van der Waals surface area contributed by atoms with E-state index in [1.807, 2.05) is 16.8 Å². The van der Waals surface area contributed by atoms with Crippen LogP contribution in [0.25, 0.3) is 0 Å². The Balaban J connectivity index is 1.53. The van der Waals surface area contributed by atoms with Crippen LogP contribution in [0.4, 0.5) is 0 Å². The first-order valence-electron chi connectivity index (χ1n) is 7.91. The highest BCUT2D eigenvalue weighted by Gasteiger charge is 2.19. The van der Waals surface area contributed by atoms with Crippen LogP contribution in [0.5, 0.6) is 23.0 Å². The van der Waals surface area contributed by atoms with Crippen LogP contribution < -0.4 is 9.47 Å². The van der Waals surface area contributed by atoms with E-state index in [4.69, 9.17) is 9.47 Å². The summed E-state index contributed by atoms with van der Waals surface area (Å²) in [4.78, 5) is 0. The van der Waals surface area contributed by atoms with Crippen LogP contribution in [0.1, 0.15) is 51.0 Å². The molecule has 0 saturated carbocycles. The summed E-state index contributed by atoms with van der Waals surface area (Å²) in [6.45, 7) is 2.26. The van der Waals surface area contributed by atoms with E-state index >= 15 is 0 Å². The second-order valence-electron chi connectivity index (χ2n) is 5.60. The van der Waals surface area contributed by atoms with Crippen molar-refractivity contribution in [3.05, 3.63) is 34.5 Å². The maximum atomic E-state index is 5.90. The highest BCUT2D eigenvalue weighted by molar-refractivity contribution is 7.08. The molecule has 0 aliphatic carbocycles. The summed E-state index contributed by atoms with van der Waals surface area (Å²) in [7, 11) is 0. The Hall–Kier alpha value is -1.48. The van der Waals surface area contributed by atoms with Gasteiger partial charge >= 0.3 is 0 Å². The Morgan fingerprint density at radius 1 is 0.810 bits per heavy atom. The van der Waals surface area contributed by atoms with E-state index in [1.165, 1.54) is 44.1 Å². The van der Waals surface area contributed by atoms with Crippen LogP contribution >= 0.6 is 11.3 Å². The van der Waals surface area contributed by atoms with Gasteiger partial charge in [0.1, 0.15) is 0 Å². The highest BCUT2D eigenvalue weighted by atomic mass is 32.1. The van der Waals surface area contributed by atoms with Crippen molar-refractivity contribution >= 4 is 11.3 Å². The number of fused-ring (bicyclic) bond motifs is 2. The van der Waals surface area contributed by atoms with E-state index in [9.17, 15) is 0 Å². The minimum absolute atomic E-state index is 0.826. The fraction of sp³-hybridized carbons (Fsp3) is 0.444. The molecule has 0 unspecified atom stereocenters. The minimum Gasteiger partial charge on any atom is -0.449 e. The van der Waals surface area contributed by atoms with Crippen molar-refractivity contribution < 1.29 is 9.47 Å². The summed E-state index contributed by atoms with van der Waals surface area (Å²) >= 11 is 1.60. The molecule has 2 aromatic rings. The lowest BCUT2D eigenvalue weighted by Gasteiger charge is -2.18. The Bertz CT molecular complexity index is 589. The van der Waals surface area contributed by atoms with Crippen molar-refractivity contribution in [1.29, 1.82) is 0 Å². The van der Waals surface area contributed by atoms with Crippen molar-refractivity contribution in [2.45, 2.75) is 51.9 Å². The van der Waals surface area contributed by atoms with Gasteiger partial charge in [-0.15, -0.1) is 11.3 Å². The summed E-state index contributed by atoms with van der Waals surface area (Å²) < 4.78 is 11.7. The molecular formula is C18H22O2S. The van der Waals surface area contributed by atoms with E-state index in [0.717, 1.165) is 29.4 Å². The van der Waals surface area contributed by atoms with Gasteiger partial charge in [-0.05, 0) is 30.5 Å². The molecule has 112 valence electrons. The van der Waals surface area contributed by atoms with Gasteiger partial charge in [-0.1, -0.05) is 45.1 Å². The lowest BCUT2D eigenvalue weighted by Crippen LogP contribution is -1.97. The number of ether oxygens (including phenoxy) is 2. The van der Waals surface area contributed by atoms with Crippen molar-refractivity contribution in [3.8, 4) is 23.0 Å². The molecule has 1 aliphatic heterocycles. The summed E-state index contributed by atoms with van der Waals surface area (Å²) in [6.07, 6.45) is 9.12. The molecular weight excluding hydrogens is 280 g/mol. The predicted molar refractivity (Wildman–Crippen MR) is 88.0 cm³/mol. The van der Waals surface area contributed by atoms with Crippen LogP contribution in [0.15, 0.2) is 29.0 Å². The lowest BCUT2D eigenvalue weighted by atomic mass is 10.0. The third kappa shape index (κ3) is 3.59. The van der Waals surface area contributed by atoms with Gasteiger partial charge in [0.25, 0.3) is 0 Å². The molecule has 1 aromatic heterocycles. The Morgan fingerprint density at radius 2 is 1.52 bits per heavy atom. The topological polar surface area (TPSA) is 18.5 Å². The van der Waals surface area contributed by atoms with Crippen molar-refractivity contribution in [3.63, 3.8) is 0 Å². The Labute approximate surface area is 130 Å². The summed E-state index contributed by atoms with van der Waals surface area (Å²) in [5.41, 5.74) is 1.34. The van der Waals surface area contributed by atoms with Gasteiger partial charge < -0.3 is 9.47 Å². The number of hydrogen-bond acceptors (Lipinski definition) is 3. The second kappa shape index (κ2) is 6.99. The van der Waals surface area contributed by atoms with Gasteiger partial charge in [-0.2, -0.15) is 0 Å². The van der Waals surface area contributed by atoms with E-state index < -0.39 is 0 Å². The first kappa shape index (κ1) is 14.5. The van der Waals surface area contributed by atoms with E-state index in [0.29, 0.717) is 0 Å². The molecule has 3 rings (SSSR count). The number of aryl methyl sites for hydroxylation is 1. The van der Waals surface area contributed by atoms with E-state index in [2.05, 4.69) is 19.1 Å². The average molecular weight is 302 g/mol. The van der Waals surface area contributed by atoms with E-state index in [-0.39, 0.29) is 0 Å². The van der Waals surface area contributed by atoms with Crippen LogP contribution in [0, 0.1) is 0 Å². The number of hydrogen-bond donors (Lipinski definition) is 0. The predicted octanol–water partition coefficient (Wildman–Crippen LogP) is 6.55. The van der Waals surface area contributed by atoms with Crippen LogP contribution in [-0.2, 0) is 6.42 Å². The van der Waals surface area contributed by atoms with Gasteiger partial charge in [-0.25, -0.2) is 0 Å². The monoisotopic (exact) mass is 302 g/mol. The van der Waals surface area contributed by atoms with Crippen LogP contribution in [0.3, 0.4) is 0 Å². The fourth-order valence-electron chi connectivity index (χ4n) is 2.64. The zero-order chi connectivity index (χ0) is 14.5. The Kier molecular flexibility index (Phi) is 4.81. The van der Waals surface area contributed by atoms with Gasteiger partial charge in [0.2, 0.25) is 0 Å². The second-order valence-corrected chi connectivity index (χ2v) is 6.35. The quantitative estimate of drug-likeness (QED) is 0.461. The number of rotatable bonds is 7. The largest absolute Gasteiger partial charge is 0.449 e. The third-order valence-electron chi connectivity index (χ3n) is 3.86. The molecule has 1 aliphatic rings. The average Bonchev–Trinajstić information content (AvgIpc) is 2.95. The van der Waals surface area contributed by atoms with Crippen molar-refractivity contribution in [1.82, 2.24) is 0 Å². The van der Waals surface area contributed by atoms with Crippen molar-refractivity contribution in [2.75, 3.05) is 0 Å². The molecule has 0 fully saturated rings. The number of thiophene rings is 1. The van der Waals surface area contributed by atoms with Gasteiger partial charge in [0, 0.05) is 10.8 Å². The molecule has 0 N–H and O–H groups in total. The maximum Gasteiger partial charge on any atom is 0.180 e. The fourth-order valence-corrected chi connectivity index (χ4v) is 3.28. The molecule has 2 heterocycles. The first-order chi connectivity index (χ1) is 10.4. The molecule has 0 atom stereocenters. The lowest BCUT2D eigenvalue weighted by molar-refractivity contribution is 0.362. The van der Waals surface area contributed by atoms with Crippen LogP contribution in [0.2, 0.25) is 0 Å².